The van der Waals surface area contributed by atoms with Gasteiger partial charge in [-0.3, -0.25) is 18.7 Å². The van der Waals surface area contributed by atoms with Gasteiger partial charge in [0.25, 0.3) is 10.0 Å². The summed E-state index contributed by atoms with van der Waals surface area (Å²) >= 11 is 0. The van der Waals surface area contributed by atoms with Crippen LogP contribution in [0, 0.1) is 13.8 Å². The van der Waals surface area contributed by atoms with Crippen LogP contribution in [0.2, 0.25) is 0 Å². The fourth-order valence-corrected chi connectivity index (χ4v) is 7.40. The standard InChI is InChI=1S/C27H41N5O3S/c1-20(2)23-11-13-25(14-12-23)32(36(34,35)27-21(3)28-29(5)22(27)4)19-26(33)31-17-15-30(16-18-31)24-9-7-6-8-10-24/h11-14,20,24H,6-10,15-19H2,1-5H3. The van der Waals surface area contributed by atoms with E-state index in [0.717, 1.165) is 18.7 Å². The molecule has 4 rings (SSSR count). The Morgan fingerprint density at radius 1 is 1.03 bits per heavy atom. The Hall–Kier alpha value is -2.39. The second kappa shape index (κ2) is 10.9. The van der Waals surface area contributed by atoms with E-state index in [-0.39, 0.29) is 17.3 Å². The van der Waals surface area contributed by atoms with Gasteiger partial charge in [0.05, 0.1) is 17.1 Å². The van der Waals surface area contributed by atoms with Crippen molar-refractivity contribution in [1.82, 2.24) is 19.6 Å². The number of hydrogen-bond acceptors (Lipinski definition) is 5. The third-order valence-corrected chi connectivity index (χ3v) is 9.90. The molecule has 1 saturated carbocycles. The second-order valence-corrected chi connectivity index (χ2v) is 12.4. The summed E-state index contributed by atoms with van der Waals surface area (Å²) in [6.45, 7) is 10.4. The van der Waals surface area contributed by atoms with Crippen molar-refractivity contribution >= 4 is 21.6 Å². The van der Waals surface area contributed by atoms with E-state index in [9.17, 15) is 13.2 Å². The van der Waals surface area contributed by atoms with Crippen LogP contribution in [-0.4, -0.2) is 72.7 Å². The van der Waals surface area contributed by atoms with Gasteiger partial charge in [0.1, 0.15) is 11.4 Å². The predicted octanol–water partition coefficient (Wildman–Crippen LogP) is 3.83. The Kier molecular flexibility index (Phi) is 8.09. The molecule has 1 aliphatic heterocycles. The molecule has 0 radical (unpaired) electrons. The summed E-state index contributed by atoms with van der Waals surface area (Å²) in [5, 5.41) is 4.32. The van der Waals surface area contributed by atoms with E-state index < -0.39 is 10.0 Å². The first-order valence-electron chi connectivity index (χ1n) is 13.2. The highest BCUT2D eigenvalue weighted by Gasteiger charge is 2.34. The Morgan fingerprint density at radius 2 is 1.64 bits per heavy atom. The van der Waals surface area contributed by atoms with Crippen molar-refractivity contribution < 1.29 is 13.2 Å². The number of anilines is 1. The molecule has 2 heterocycles. The van der Waals surface area contributed by atoms with E-state index in [1.54, 1.807) is 25.6 Å². The molecule has 0 bridgehead atoms. The van der Waals surface area contributed by atoms with Gasteiger partial charge in [-0.2, -0.15) is 5.10 Å². The lowest BCUT2D eigenvalue weighted by molar-refractivity contribution is -0.131. The highest BCUT2D eigenvalue weighted by molar-refractivity contribution is 7.93. The van der Waals surface area contributed by atoms with Crippen LogP contribution < -0.4 is 4.31 Å². The van der Waals surface area contributed by atoms with Gasteiger partial charge in [0.2, 0.25) is 5.91 Å². The number of carbonyl (C=O) groups excluding carboxylic acids is 1. The van der Waals surface area contributed by atoms with Crippen molar-refractivity contribution in [3.63, 3.8) is 0 Å². The normalized spacial score (nSPS) is 18.1. The van der Waals surface area contributed by atoms with Crippen LogP contribution in [0.25, 0.3) is 0 Å². The maximum atomic E-state index is 14.0. The summed E-state index contributed by atoms with van der Waals surface area (Å²) in [5.74, 6) is 0.169. The molecular weight excluding hydrogens is 474 g/mol. The minimum Gasteiger partial charge on any atom is -0.339 e. The van der Waals surface area contributed by atoms with Crippen molar-refractivity contribution in [2.75, 3.05) is 37.0 Å². The number of benzene rings is 1. The van der Waals surface area contributed by atoms with Crippen LogP contribution >= 0.6 is 0 Å². The lowest BCUT2D eigenvalue weighted by Gasteiger charge is -2.41. The van der Waals surface area contributed by atoms with Crippen LogP contribution in [0.5, 0.6) is 0 Å². The highest BCUT2D eigenvalue weighted by atomic mass is 32.2. The summed E-state index contributed by atoms with van der Waals surface area (Å²) in [7, 11) is -2.26. The van der Waals surface area contributed by atoms with E-state index in [0.29, 0.717) is 42.1 Å². The zero-order valence-corrected chi connectivity index (χ0v) is 23.2. The van der Waals surface area contributed by atoms with E-state index in [1.165, 1.54) is 36.4 Å². The van der Waals surface area contributed by atoms with Gasteiger partial charge in [-0.25, -0.2) is 8.42 Å². The van der Waals surface area contributed by atoms with Gasteiger partial charge >= 0.3 is 0 Å². The number of carbonyl (C=O) groups is 1. The predicted molar refractivity (Wildman–Crippen MR) is 143 cm³/mol. The zero-order valence-electron chi connectivity index (χ0n) is 22.4. The van der Waals surface area contributed by atoms with Crippen LogP contribution in [0.15, 0.2) is 29.2 Å². The third kappa shape index (κ3) is 5.47. The first kappa shape index (κ1) is 26.7. The topological polar surface area (TPSA) is 78.8 Å². The number of aromatic nitrogens is 2. The quantitative estimate of drug-likeness (QED) is 0.560. The van der Waals surface area contributed by atoms with E-state index in [2.05, 4.69) is 23.8 Å². The largest absolute Gasteiger partial charge is 0.339 e. The molecule has 1 saturated heterocycles. The monoisotopic (exact) mass is 515 g/mol. The van der Waals surface area contributed by atoms with Crippen molar-refractivity contribution in [3.05, 3.63) is 41.2 Å². The highest BCUT2D eigenvalue weighted by Crippen LogP contribution is 2.29. The smallest absolute Gasteiger partial charge is 0.268 e. The molecule has 2 fully saturated rings. The Balaban J connectivity index is 1.57. The van der Waals surface area contributed by atoms with Crippen molar-refractivity contribution in [2.45, 2.75) is 76.7 Å². The van der Waals surface area contributed by atoms with Crippen LogP contribution in [-0.2, 0) is 21.9 Å². The van der Waals surface area contributed by atoms with E-state index >= 15 is 0 Å². The zero-order chi connectivity index (χ0) is 26.0. The number of nitrogens with zero attached hydrogens (tertiary/aromatic N) is 5. The van der Waals surface area contributed by atoms with E-state index in [1.807, 2.05) is 29.2 Å². The summed E-state index contributed by atoms with van der Waals surface area (Å²) in [6.07, 6.45) is 6.40. The van der Waals surface area contributed by atoms with Gasteiger partial charge in [-0.15, -0.1) is 0 Å². The molecule has 1 aliphatic carbocycles. The molecule has 2 aromatic rings. The minimum atomic E-state index is -4.00. The Labute approximate surface area is 216 Å². The number of piperazine rings is 1. The molecule has 8 nitrogen and oxygen atoms in total. The fraction of sp³-hybridized carbons (Fsp3) is 0.630. The van der Waals surface area contributed by atoms with Crippen molar-refractivity contribution in [1.29, 1.82) is 0 Å². The van der Waals surface area contributed by atoms with Crippen molar-refractivity contribution in [3.8, 4) is 0 Å². The fourth-order valence-electron chi connectivity index (χ4n) is 5.58. The van der Waals surface area contributed by atoms with E-state index in [4.69, 9.17) is 0 Å². The lowest BCUT2D eigenvalue weighted by atomic mass is 9.94. The molecule has 9 heteroatoms. The average Bonchev–Trinajstić information content (AvgIpc) is 3.14. The van der Waals surface area contributed by atoms with Crippen LogP contribution in [0.4, 0.5) is 5.69 Å². The number of rotatable bonds is 7. The van der Waals surface area contributed by atoms with Crippen LogP contribution in [0.3, 0.4) is 0 Å². The third-order valence-electron chi connectivity index (χ3n) is 7.88. The molecule has 198 valence electrons. The Bertz CT molecular complexity index is 1160. The summed E-state index contributed by atoms with van der Waals surface area (Å²) < 4.78 is 30.8. The lowest BCUT2D eigenvalue weighted by Crippen LogP contribution is -2.54. The number of amides is 1. The Morgan fingerprint density at radius 3 is 2.17 bits per heavy atom. The molecule has 1 aromatic carbocycles. The summed E-state index contributed by atoms with van der Waals surface area (Å²) in [6, 6.07) is 8.13. The van der Waals surface area contributed by atoms with Crippen molar-refractivity contribution in [2.24, 2.45) is 7.05 Å². The van der Waals surface area contributed by atoms with Gasteiger partial charge in [-0.1, -0.05) is 45.2 Å². The SMILES string of the molecule is Cc1nn(C)c(C)c1S(=O)(=O)N(CC(=O)N1CCN(C2CCCCC2)CC1)c1ccc(C(C)C)cc1. The number of hydrogen-bond donors (Lipinski definition) is 0. The summed E-state index contributed by atoms with van der Waals surface area (Å²) in [4.78, 5) is 18.0. The molecule has 0 atom stereocenters. The molecule has 1 aromatic heterocycles. The maximum Gasteiger partial charge on any atom is 0.268 e. The molecule has 2 aliphatic rings. The number of aryl methyl sites for hydroxylation is 2. The van der Waals surface area contributed by atoms with Gasteiger partial charge < -0.3 is 4.90 Å². The van der Waals surface area contributed by atoms with Gasteiger partial charge in [0.15, 0.2) is 0 Å². The summed E-state index contributed by atoms with van der Waals surface area (Å²) in [5.41, 5.74) is 2.61. The molecule has 36 heavy (non-hydrogen) atoms. The second-order valence-electron chi connectivity index (χ2n) is 10.6. The number of sulfonamides is 1. The minimum absolute atomic E-state index is 0.158. The van der Waals surface area contributed by atoms with Gasteiger partial charge in [0, 0.05) is 39.3 Å². The van der Waals surface area contributed by atoms with Gasteiger partial charge in [-0.05, 0) is 50.3 Å². The first-order valence-corrected chi connectivity index (χ1v) is 14.7. The molecular formula is C27H41N5O3S. The molecule has 0 spiro atoms. The van der Waals surface area contributed by atoms with Crippen LogP contribution in [0.1, 0.15) is 68.8 Å². The maximum absolute atomic E-state index is 14.0. The average molecular weight is 516 g/mol. The molecule has 0 unspecified atom stereocenters. The molecule has 1 amide bonds. The first-order chi connectivity index (χ1) is 17.1. The molecule has 0 N–H and O–H groups in total.